The molecule has 0 radical (unpaired) electrons. The van der Waals surface area contributed by atoms with Crippen LogP contribution in [0.2, 0.25) is 0 Å². The number of carbonyl (C=O) groups excluding carboxylic acids is 3. The Labute approximate surface area is 443 Å². The lowest BCUT2D eigenvalue weighted by molar-refractivity contribution is -0.139. The van der Waals surface area contributed by atoms with Gasteiger partial charge in [-0.1, -0.05) is 32.0 Å². The largest absolute Gasteiger partial charge is 0.508 e. The molecule has 5 saturated heterocycles. The van der Waals surface area contributed by atoms with Gasteiger partial charge in [0.15, 0.2) is 5.82 Å². The lowest BCUT2D eigenvalue weighted by Crippen LogP contribution is -2.51. The number of nitrogens with one attached hydrogen (secondary N) is 3. The first-order valence-electron chi connectivity index (χ1n) is 28.0. The molecule has 5 aromatic rings. The number of nitrogens with zero attached hydrogens (tertiary/aromatic N) is 7. The summed E-state index contributed by atoms with van der Waals surface area (Å²) in [5.41, 5.74) is 3.72. The summed E-state index contributed by atoms with van der Waals surface area (Å²) in [6.45, 7) is 12.1. The lowest BCUT2D eigenvalue weighted by atomic mass is 9.84. The van der Waals surface area contributed by atoms with Gasteiger partial charge in [0, 0.05) is 86.6 Å². The molecule has 6 aliphatic rings. The first-order valence-corrected chi connectivity index (χ1v) is 28.0. The number of likely N-dealkylation sites (tertiary alicyclic amines) is 3. The van der Waals surface area contributed by atoms with Crippen molar-refractivity contribution < 1.29 is 33.0 Å². The Bertz CT molecular complexity index is 3050. The molecule has 402 valence electrons. The van der Waals surface area contributed by atoms with Crippen molar-refractivity contribution in [1.29, 1.82) is 5.41 Å². The molecule has 5 aliphatic heterocycles. The number of piperidine rings is 5. The van der Waals surface area contributed by atoms with Crippen molar-refractivity contribution >= 4 is 56.6 Å². The lowest BCUT2D eigenvalue weighted by Gasteiger charge is -2.43. The third-order valence-electron chi connectivity index (χ3n) is 17.8. The second-order valence-electron chi connectivity index (χ2n) is 22.9. The average molecular weight is 1040 g/mol. The highest BCUT2D eigenvalue weighted by atomic mass is 19.1. The molecular formula is C59H72F2N10O5. The van der Waals surface area contributed by atoms with Crippen LogP contribution in [0.15, 0.2) is 48.7 Å². The number of halogens is 2. The predicted octanol–water partition coefficient (Wildman–Crippen LogP) is 8.83. The number of aryl methyl sites for hydroxylation is 1. The number of hydrogen-bond acceptors (Lipinski definition) is 13. The number of aromatic nitrogens is 3. The predicted molar refractivity (Wildman–Crippen MR) is 290 cm³/mol. The van der Waals surface area contributed by atoms with E-state index in [1.165, 1.54) is 17.7 Å². The summed E-state index contributed by atoms with van der Waals surface area (Å²) in [5, 5.41) is 26.8. The van der Waals surface area contributed by atoms with E-state index >= 15 is 8.78 Å². The van der Waals surface area contributed by atoms with E-state index in [-0.39, 0.29) is 52.3 Å². The van der Waals surface area contributed by atoms with E-state index in [9.17, 15) is 19.5 Å². The zero-order valence-electron chi connectivity index (χ0n) is 44.2. The molecule has 15 nitrogen and oxygen atoms in total. The highest BCUT2D eigenvalue weighted by molar-refractivity contribution is 6.17. The molecule has 1 unspecified atom stereocenters. The number of phenolic OH excluding ortho intramolecular Hbond substituents is 1. The molecule has 0 spiro atoms. The third-order valence-corrected chi connectivity index (χ3v) is 17.8. The topological polar surface area (TPSA) is 180 Å². The molecule has 4 N–H and O–H groups in total. The zero-order chi connectivity index (χ0) is 52.8. The minimum atomic E-state index is -0.673. The Hall–Kier alpha value is -6.33. The molecule has 1 saturated carbocycles. The maximum atomic E-state index is 17.2. The van der Waals surface area contributed by atoms with Crippen LogP contribution in [0.3, 0.4) is 0 Å². The summed E-state index contributed by atoms with van der Waals surface area (Å²) >= 11 is 0. The highest BCUT2D eigenvalue weighted by Gasteiger charge is 2.46. The summed E-state index contributed by atoms with van der Waals surface area (Å²) < 4.78 is 38.8. The van der Waals surface area contributed by atoms with Crippen LogP contribution in [0, 0.1) is 40.2 Å². The fraction of sp³-hybridized carbons (Fsp3) is 0.542. The number of amides is 3. The van der Waals surface area contributed by atoms with E-state index in [2.05, 4.69) is 54.3 Å². The summed E-state index contributed by atoms with van der Waals surface area (Å²) in [4.78, 5) is 61.9. The molecule has 76 heavy (non-hydrogen) atoms. The molecular weight excluding hydrogens is 967 g/mol. The maximum absolute atomic E-state index is 17.2. The molecule has 2 aromatic heterocycles. The van der Waals surface area contributed by atoms with Crippen molar-refractivity contribution in [2.24, 2.45) is 23.2 Å². The van der Waals surface area contributed by atoms with Gasteiger partial charge in [-0.05, 0) is 161 Å². The van der Waals surface area contributed by atoms with Crippen molar-refractivity contribution in [3.05, 3.63) is 77.0 Å². The molecule has 0 bridgehead atoms. The molecule has 11 rings (SSSR count). The molecule has 6 fully saturated rings. The van der Waals surface area contributed by atoms with Gasteiger partial charge in [0.2, 0.25) is 17.7 Å². The Morgan fingerprint density at radius 3 is 2.42 bits per heavy atom. The Morgan fingerprint density at radius 1 is 0.934 bits per heavy atom. The van der Waals surface area contributed by atoms with E-state index in [0.717, 1.165) is 129 Å². The van der Waals surface area contributed by atoms with Gasteiger partial charge in [0.1, 0.15) is 28.6 Å². The first-order chi connectivity index (χ1) is 36.8. The number of rotatable bonds is 14. The normalized spacial score (nSPS) is 22.3. The number of imide groups is 1. The highest BCUT2D eigenvalue weighted by Crippen LogP contribution is 2.48. The second-order valence-corrected chi connectivity index (χ2v) is 22.9. The SMILES string of the molecule is CCc1c(F)ccc2cc(O)cc(-c3ncc4c(N5CCC[C@H](C)C5)nc(OCC5(CN6CCC(C(=O)N7CCC(N8CCC(c9ccc(C(=N)C%10CCC(=O)NC%10=O)c(NC)c9)CC8)CC7)CC6)CC5)nc4c3F)c12. The van der Waals surface area contributed by atoms with E-state index in [1.807, 2.05) is 20.0 Å². The van der Waals surface area contributed by atoms with Gasteiger partial charge in [0.05, 0.1) is 23.6 Å². The van der Waals surface area contributed by atoms with E-state index in [0.29, 0.717) is 81.9 Å². The quantitative estimate of drug-likeness (QED) is 0.0614. The number of pyridine rings is 1. The minimum Gasteiger partial charge on any atom is -0.508 e. The van der Waals surface area contributed by atoms with Crippen LogP contribution >= 0.6 is 0 Å². The van der Waals surface area contributed by atoms with Gasteiger partial charge >= 0.3 is 6.01 Å². The monoisotopic (exact) mass is 1040 g/mol. The van der Waals surface area contributed by atoms with Crippen molar-refractivity contribution in [2.75, 3.05) is 82.8 Å². The van der Waals surface area contributed by atoms with Crippen LogP contribution in [0.5, 0.6) is 11.8 Å². The minimum absolute atomic E-state index is 0.0197. The molecule has 2 atom stereocenters. The zero-order valence-corrected chi connectivity index (χ0v) is 44.2. The van der Waals surface area contributed by atoms with E-state index in [4.69, 9.17) is 20.1 Å². The van der Waals surface area contributed by atoms with Crippen molar-refractivity contribution in [1.82, 2.24) is 35.0 Å². The standard InChI is InChI=1S/C59H72F2N10O5/c1-4-42-47(60)11-8-39-28-41(72)30-45(50(39)42)53-51(61)54-46(31-64-53)55(71-21-5-6-35(2)32-71)67-58(66-54)76-34-59(19-20-59)33-68-22-13-37(14-23-68)57(75)70-26-17-40(18-27-70)69-24-15-36(16-25-69)38-7-9-43(48(29-38)63-3)52(62)44-10-12-49(73)65-56(44)74/h7-9,11,28-31,35-37,40,44,62-63,72H,4-6,10,12-27,32-34H2,1-3H3,(H,65,73,74)/t35-,44?/m0/s1. The van der Waals surface area contributed by atoms with Crippen LogP contribution in [0.1, 0.15) is 114 Å². The summed E-state index contributed by atoms with van der Waals surface area (Å²) in [6, 6.07) is 12.7. The van der Waals surface area contributed by atoms with Crippen LogP contribution < -0.4 is 20.3 Å². The van der Waals surface area contributed by atoms with Crippen LogP contribution in [-0.2, 0) is 20.8 Å². The molecule has 1 aliphatic carbocycles. The fourth-order valence-electron chi connectivity index (χ4n) is 13.2. The van der Waals surface area contributed by atoms with Crippen molar-refractivity contribution in [3.8, 4) is 23.0 Å². The Morgan fingerprint density at radius 2 is 1.71 bits per heavy atom. The van der Waals surface area contributed by atoms with Gasteiger partial charge in [-0.2, -0.15) is 9.97 Å². The number of phenols is 1. The third kappa shape index (κ3) is 10.4. The molecule has 3 amide bonds. The van der Waals surface area contributed by atoms with Crippen LogP contribution in [0.4, 0.5) is 20.3 Å². The summed E-state index contributed by atoms with van der Waals surface area (Å²) in [7, 11) is 1.84. The molecule has 17 heteroatoms. The Balaban J connectivity index is 0.682. The van der Waals surface area contributed by atoms with Crippen molar-refractivity contribution in [2.45, 2.75) is 109 Å². The maximum Gasteiger partial charge on any atom is 0.319 e. The van der Waals surface area contributed by atoms with Gasteiger partial charge in [-0.25, -0.2) is 8.78 Å². The first kappa shape index (κ1) is 51.8. The van der Waals surface area contributed by atoms with Crippen LogP contribution in [0.25, 0.3) is 32.9 Å². The number of carbonyl (C=O) groups is 3. The van der Waals surface area contributed by atoms with Crippen LogP contribution in [-0.4, -0.2) is 137 Å². The molecule has 7 heterocycles. The number of aromatic hydroxyl groups is 1. The van der Waals surface area contributed by atoms with Crippen molar-refractivity contribution in [3.63, 3.8) is 0 Å². The number of hydrogen-bond donors (Lipinski definition) is 4. The average Bonchev–Trinajstić information content (AvgIpc) is 4.22. The number of ether oxygens (including phenoxy) is 1. The van der Waals surface area contributed by atoms with Gasteiger partial charge in [-0.15, -0.1) is 0 Å². The van der Waals surface area contributed by atoms with Gasteiger partial charge < -0.3 is 40.2 Å². The number of benzene rings is 3. The fourth-order valence-corrected chi connectivity index (χ4v) is 13.2. The van der Waals surface area contributed by atoms with E-state index < -0.39 is 23.5 Å². The molecule has 3 aromatic carbocycles. The Kier molecular flexibility index (Phi) is 14.7. The van der Waals surface area contributed by atoms with Gasteiger partial charge in [-0.3, -0.25) is 24.7 Å². The smallest absolute Gasteiger partial charge is 0.319 e. The van der Waals surface area contributed by atoms with E-state index in [1.54, 1.807) is 18.3 Å². The number of anilines is 2. The second kappa shape index (κ2) is 21.6. The number of fused-ring (bicyclic) bond motifs is 2. The summed E-state index contributed by atoms with van der Waals surface area (Å²) in [6.07, 6.45) is 12.4. The van der Waals surface area contributed by atoms with Gasteiger partial charge in [0.25, 0.3) is 0 Å². The summed E-state index contributed by atoms with van der Waals surface area (Å²) in [5.74, 6) is -0.703.